The third-order valence-electron chi connectivity index (χ3n) is 3.51. The molecule has 4 nitrogen and oxygen atoms in total. The number of rotatable bonds is 3. The van der Waals surface area contributed by atoms with Gasteiger partial charge in [0.25, 0.3) is 5.91 Å². The van der Waals surface area contributed by atoms with Crippen LogP contribution < -0.4 is 10.1 Å². The second-order valence-corrected chi connectivity index (χ2v) is 6.30. The van der Waals surface area contributed by atoms with Crippen LogP contribution in [0.1, 0.15) is 16.1 Å². The minimum absolute atomic E-state index is 0.153. The standard InChI is InChI=1S/C17H15IN2O2/c1-10-7-12(18)3-5-14(10)20-17(21)16-9-11-8-13(22-2)4-6-15(11)19-16/h3-9,19H,1-2H3,(H,20,21). The number of benzene rings is 2. The van der Waals surface area contributed by atoms with Crippen molar-refractivity contribution >= 4 is 45.1 Å². The van der Waals surface area contributed by atoms with Crippen LogP contribution in [0.3, 0.4) is 0 Å². The first kappa shape index (κ1) is 14.9. The van der Waals surface area contributed by atoms with Crippen LogP contribution in [0.15, 0.2) is 42.5 Å². The SMILES string of the molecule is COc1ccc2[nH]c(C(=O)Nc3ccc(I)cc3C)cc2c1. The van der Waals surface area contributed by atoms with Crippen LogP contribution in [0.2, 0.25) is 0 Å². The van der Waals surface area contributed by atoms with Gasteiger partial charge in [0, 0.05) is 20.2 Å². The Hall–Kier alpha value is -2.02. The lowest BCUT2D eigenvalue weighted by atomic mass is 10.2. The lowest BCUT2D eigenvalue weighted by Gasteiger charge is -2.07. The van der Waals surface area contributed by atoms with Crippen LogP contribution in [0.4, 0.5) is 5.69 Å². The number of carbonyl (C=O) groups excluding carboxylic acids is 1. The van der Waals surface area contributed by atoms with Crippen LogP contribution in [-0.2, 0) is 0 Å². The second-order valence-electron chi connectivity index (χ2n) is 5.05. The molecule has 3 rings (SSSR count). The van der Waals surface area contributed by atoms with Gasteiger partial charge in [-0.2, -0.15) is 0 Å². The largest absolute Gasteiger partial charge is 0.497 e. The highest BCUT2D eigenvalue weighted by atomic mass is 127. The van der Waals surface area contributed by atoms with Crippen molar-refractivity contribution in [3.63, 3.8) is 0 Å². The Kier molecular flexibility index (Phi) is 4.06. The summed E-state index contributed by atoms with van der Waals surface area (Å²) in [6, 6.07) is 13.4. The molecule has 0 aliphatic rings. The molecule has 2 aromatic carbocycles. The molecule has 0 saturated heterocycles. The zero-order chi connectivity index (χ0) is 15.7. The van der Waals surface area contributed by atoms with Crippen molar-refractivity contribution in [3.8, 4) is 5.75 Å². The summed E-state index contributed by atoms with van der Waals surface area (Å²) in [6.45, 7) is 1.98. The van der Waals surface area contributed by atoms with Gasteiger partial charge in [0.2, 0.25) is 0 Å². The van der Waals surface area contributed by atoms with Crippen molar-refractivity contribution in [2.45, 2.75) is 6.92 Å². The number of ether oxygens (including phenoxy) is 1. The van der Waals surface area contributed by atoms with E-state index < -0.39 is 0 Å². The number of nitrogens with one attached hydrogen (secondary N) is 2. The van der Waals surface area contributed by atoms with E-state index in [1.54, 1.807) is 7.11 Å². The highest BCUT2D eigenvalue weighted by Crippen LogP contribution is 2.23. The number of anilines is 1. The average Bonchev–Trinajstić information content (AvgIpc) is 2.93. The zero-order valence-corrected chi connectivity index (χ0v) is 14.4. The number of aryl methyl sites for hydroxylation is 1. The normalized spacial score (nSPS) is 10.7. The third-order valence-corrected chi connectivity index (χ3v) is 4.18. The Bertz CT molecular complexity index is 855. The minimum atomic E-state index is -0.153. The molecule has 0 saturated carbocycles. The topological polar surface area (TPSA) is 54.1 Å². The van der Waals surface area contributed by atoms with Crippen LogP contribution in [0.25, 0.3) is 10.9 Å². The summed E-state index contributed by atoms with van der Waals surface area (Å²) in [6.07, 6.45) is 0. The summed E-state index contributed by atoms with van der Waals surface area (Å²) in [5.41, 5.74) is 3.30. The quantitative estimate of drug-likeness (QED) is 0.636. The number of aromatic nitrogens is 1. The fourth-order valence-electron chi connectivity index (χ4n) is 2.32. The van der Waals surface area contributed by atoms with E-state index in [1.807, 2.05) is 49.4 Å². The molecule has 112 valence electrons. The first-order valence-electron chi connectivity index (χ1n) is 6.81. The highest BCUT2D eigenvalue weighted by molar-refractivity contribution is 14.1. The molecule has 22 heavy (non-hydrogen) atoms. The van der Waals surface area contributed by atoms with Gasteiger partial charge in [0.15, 0.2) is 0 Å². The van der Waals surface area contributed by atoms with Gasteiger partial charge in [-0.1, -0.05) is 0 Å². The summed E-state index contributed by atoms with van der Waals surface area (Å²) >= 11 is 2.25. The average molecular weight is 406 g/mol. The first-order valence-corrected chi connectivity index (χ1v) is 7.89. The van der Waals surface area contributed by atoms with Crippen molar-refractivity contribution in [1.82, 2.24) is 4.98 Å². The Morgan fingerprint density at radius 3 is 2.73 bits per heavy atom. The van der Waals surface area contributed by atoms with E-state index in [-0.39, 0.29) is 5.91 Å². The highest BCUT2D eigenvalue weighted by Gasteiger charge is 2.11. The summed E-state index contributed by atoms with van der Waals surface area (Å²) in [7, 11) is 1.63. The summed E-state index contributed by atoms with van der Waals surface area (Å²) in [5.74, 6) is 0.617. The third kappa shape index (κ3) is 2.94. The molecule has 3 aromatic rings. The number of halogens is 1. The summed E-state index contributed by atoms with van der Waals surface area (Å²) < 4.78 is 6.34. The van der Waals surface area contributed by atoms with Crippen molar-refractivity contribution in [1.29, 1.82) is 0 Å². The molecule has 0 atom stereocenters. The van der Waals surface area contributed by atoms with Gasteiger partial charge in [-0.25, -0.2) is 0 Å². The molecule has 0 fully saturated rings. The van der Waals surface area contributed by atoms with Crippen molar-refractivity contribution in [3.05, 3.63) is 57.3 Å². The van der Waals surface area contributed by atoms with E-state index in [0.717, 1.165) is 31.5 Å². The smallest absolute Gasteiger partial charge is 0.272 e. The van der Waals surface area contributed by atoms with E-state index in [4.69, 9.17) is 4.74 Å². The molecular weight excluding hydrogens is 391 g/mol. The predicted octanol–water partition coefficient (Wildman–Crippen LogP) is 4.34. The maximum absolute atomic E-state index is 12.4. The van der Waals surface area contributed by atoms with Crippen molar-refractivity contribution in [2.24, 2.45) is 0 Å². The molecule has 1 amide bonds. The van der Waals surface area contributed by atoms with E-state index >= 15 is 0 Å². The molecule has 1 aromatic heterocycles. The van der Waals surface area contributed by atoms with E-state index in [9.17, 15) is 4.79 Å². The maximum Gasteiger partial charge on any atom is 0.272 e. The first-order chi connectivity index (χ1) is 10.6. The minimum Gasteiger partial charge on any atom is -0.497 e. The molecule has 0 aliphatic carbocycles. The number of hydrogen-bond donors (Lipinski definition) is 2. The fraction of sp³-hybridized carbons (Fsp3) is 0.118. The molecule has 0 aliphatic heterocycles. The Morgan fingerprint density at radius 2 is 2.00 bits per heavy atom. The molecule has 1 heterocycles. The van der Waals surface area contributed by atoms with Gasteiger partial charge in [-0.15, -0.1) is 0 Å². The van der Waals surface area contributed by atoms with Crippen LogP contribution >= 0.6 is 22.6 Å². The Labute approximate surface area is 142 Å². The van der Waals surface area contributed by atoms with Gasteiger partial charge in [0.1, 0.15) is 11.4 Å². The maximum atomic E-state index is 12.4. The lowest BCUT2D eigenvalue weighted by molar-refractivity contribution is 0.102. The van der Waals surface area contributed by atoms with Crippen molar-refractivity contribution < 1.29 is 9.53 Å². The summed E-state index contributed by atoms with van der Waals surface area (Å²) in [4.78, 5) is 15.5. The van der Waals surface area contributed by atoms with Gasteiger partial charge < -0.3 is 15.0 Å². The van der Waals surface area contributed by atoms with Gasteiger partial charge >= 0.3 is 0 Å². The molecule has 5 heteroatoms. The second kappa shape index (κ2) is 6.00. The lowest BCUT2D eigenvalue weighted by Crippen LogP contribution is -2.13. The van der Waals surface area contributed by atoms with Crippen LogP contribution in [0.5, 0.6) is 5.75 Å². The molecule has 0 spiro atoms. The molecule has 0 bridgehead atoms. The molecule has 0 unspecified atom stereocenters. The van der Waals surface area contributed by atoms with Gasteiger partial charge in [-0.3, -0.25) is 4.79 Å². The number of amides is 1. The summed E-state index contributed by atoms with van der Waals surface area (Å²) in [5, 5.41) is 3.89. The Balaban J connectivity index is 1.88. The fourth-order valence-corrected chi connectivity index (χ4v) is 2.96. The van der Waals surface area contributed by atoms with E-state index in [2.05, 4.69) is 32.9 Å². The molecule has 0 radical (unpaired) electrons. The van der Waals surface area contributed by atoms with Gasteiger partial charge in [-0.05, 0) is 77.5 Å². The monoisotopic (exact) mass is 406 g/mol. The van der Waals surface area contributed by atoms with Crippen LogP contribution in [0, 0.1) is 10.5 Å². The van der Waals surface area contributed by atoms with E-state index in [1.165, 1.54) is 0 Å². The van der Waals surface area contributed by atoms with E-state index in [0.29, 0.717) is 5.69 Å². The van der Waals surface area contributed by atoms with Crippen molar-refractivity contribution in [2.75, 3.05) is 12.4 Å². The van der Waals surface area contributed by atoms with Crippen LogP contribution in [-0.4, -0.2) is 18.0 Å². The predicted molar refractivity (Wildman–Crippen MR) is 96.7 cm³/mol. The number of aromatic amines is 1. The number of carbonyl (C=O) groups is 1. The number of hydrogen-bond acceptors (Lipinski definition) is 2. The number of methoxy groups -OCH3 is 1. The molecular formula is C17H15IN2O2. The number of fused-ring (bicyclic) bond motifs is 1. The Morgan fingerprint density at radius 1 is 1.18 bits per heavy atom. The number of H-pyrrole nitrogens is 1. The zero-order valence-electron chi connectivity index (χ0n) is 12.2. The molecule has 2 N–H and O–H groups in total. The van der Waals surface area contributed by atoms with Gasteiger partial charge in [0.05, 0.1) is 7.11 Å².